The van der Waals surface area contributed by atoms with E-state index in [4.69, 9.17) is 0 Å². The Morgan fingerprint density at radius 2 is 1.67 bits per heavy atom. The van der Waals surface area contributed by atoms with Gasteiger partial charge >= 0.3 is 0 Å². The molecule has 1 atom stereocenters. The topological polar surface area (TPSA) is 0 Å². The molecule has 0 heterocycles. The summed E-state index contributed by atoms with van der Waals surface area (Å²) in [6.45, 7) is 11.1. The lowest BCUT2D eigenvalue weighted by Crippen LogP contribution is -1.94. The van der Waals surface area contributed by atoms with Gasteiger partial charge in [0.05, 0.1) is 0 Å². The minimum Gasteiger partial charge on any atom is -0.0772 e. The van der Waals surface area contributed by atoms with Crippen LogP contribution in [0.15, 0.2) is 11.1 Å². The average Bonchev–Trinajstić information content (AvgIpc) is 1.84. The fourth-order valence-corrected chi connectivity index (χ4v) is 0.799. The molecule has 0 aromatic rings. The zero-order valence-electron chi connectivity index (χ0n) is 7.28. The molecule has 0 amide bonds. The Morgan fingerprint density at radius 1 is 1.22 bits per heavy atom. The van der Waals surface area contributed by atoms with Crippen LogP contribution in [0.2, 0.25) is 0 Å². The Bertz CT molecular complexity index is 105. The lowest BCUT2D eigenvalue weighted by molar-refractivity contribution is 0.648. The minimum atomic E-state index is 0.773. The average molecular weight is 126 g/mol. The summed E-state index contributed by atoms with van der Waals surface area (Å²) in [6.07, 6.45) is 1.26. The standard InChI is InChI=1S/C9H18/c1-6-8(4)9(5)7(2)3/h8H,6H2,1-5H3/t8-/m1/s1. The summed E-state index contributed by atoms with van der Waals surface area (Å²) in [7, 11) is 0. The highest BCUT2D eigenvalue weighted by atomic mass is 14.1. The third-order valence-electron chi connectivity index (χ3n) is 2.14. The molecule has 0 aromatic carbocycles. The monoisotopic (exact) mass is 126 g/mol. The summed E-state index contributed by atoms with van der Waals surface area (Å²) in [5.41, 5.74) is 3.03. The van der Waals surface area contributed by atoms with Gasteiger partial charge in [0, 0.05) is 0 Å². The SMILES string of the molecule is CC[C@@H](C)C(C)=C(C)C. The maximum atomic E-state index is 2.28. The van der Waals surface area contributed by atoms with E-state index in [1.807, 2.05) is 0 Å². The van der Waals surface area contributed by atoms with Crippen molar-refractivity contribution >= 4 is 0 Å². The quantitative estimate of drug-likeness (QED) is 0.497. The molecule has 0 aliphatic heterocycles. The second kappa shape index (κ2) is 3.71. The highest BCUT2D eigenvalue weighted by Crippen LogP contribution is 2.16. The molecule has 0 heteroatoms. The van der Waals surface area contributed by atoms with Crippen molar-refractivity contribution in [3.05, 3.63) is 11.1 Å². The molecule has 0 unspecified atom stereocenters. The molecular formula is C9H18. The van der Waals surface area contributed by atoms with Gasteiger partial charge in [0.1, 0.15) is 0 Å². The van der Waals surface area contributed by atoms with Crippen molar-refractivity contribution in [1.29, 1.82) is 0 Å². The minimum absolute atomic E-state index is 0.773. The Hall–Kier alpha value is -0.260. The molecule has 0 nitrogen and oxygen atoms in total. The molecule has 0 spiro atoms. The van der Waals surface area contributed by atoms with Gasteiger partial charge in [-0.25, -0.2) is 0 Å². The maximum Gasteiger partial charge on any atom is -0.0235 e. The highest BCUT2D eigenvalue weighted by molar-refractivity contribution is 5.09. The van der Waals surface area contributed by atoms with Crippen LogP contribution in [0, 0.1) is 5.92 Å². The Kier molecular flexibility index (Phi) is 3.60. The smallest absolute Gasteiger partial charge is 0.0235 e. The van der Waals surface area contributed by atoms with Crippen LogP contribution < -0.4 is 0 Å². The van der Waals surface area contributed by atoms with Crippen molar-refractivity contribution < 1.29 is 0 Å². The van der Waals surface area contributed by atoms with Gasteiger partial charge in [-0.05, 0) is 33.1 Å². The number of allylic oxidation sites excluding steroid dienone is 2. The Balaban J connectivity index is 4.02. The van der Waals surface area contributed by atoms with E-state index in [1.54, 1.807) is 5.57 Å². The van der Waals surface area contributed by atoms with Crippen LogP contribution in [0.25, 0.3) is 0 Å². The van der Waals surface area contributed by atoms with E-state index in [2.05, 4.69) is 34.6 Å². The summed E-state index contributed by atoms with van der Waals surface area (Å²) >= 11 is 0. The van der Waals surface area contributed by atoms with Crippen molar-refractivity contribution in [1.82, 2.24) is 0 Å². The highest BCUT2D eigenvalue weighted by Gasteiger charge is 2.00. The predicted molar refractivity (Wildman–Crippen MR) is 43.5 cm³/mol. The van der Waals surface area contributed by atoms with Gasteiger partial charge in [0.2, 0.25) is 0 Å². The Morgan fingerprint density at radius 3 is 1.78 bits per heavy atom. The first-order valence-electron chi connectivity index (χ1n) is 3.73. The predicted octanol–water partition coefficient (Wildman–Crippen LogP) is 3.39. The van der Waals surface area contributed by atoms with Crippen molar-refractivity contribution in [2.24, 2.45) is 5.92 Å². The first kappa shape index (κ1) is 8.74. The van der Waals surface area contributed by atoms with Crippen LogP contribution in [0.3, 0.4) is 0 Å². The zero-order chi connectivity index (χ0) is 7.44. The summed E-state index contributed by atoms with van der Waals surface area (Å²) in [6, 6.07) is 0. The summed E-state index contributed by atoms with van der Waals surface area (Å²) in [5, 5.41) is 0. The van der Waals surface area contributed by atoms with Crippen molar-refractivity contribution in [3.8, 4) is 0 Å². The number of hydrogen-bond donors (Lipinski definition) is 0. The Labute approximate surface area is 59.0 Å². The van der Waals surface area contributed by atoms with E-state index in [0.717, 1.165) is 5.92 Å². The van der Waals surface area contributed by atoms with Crippen LogP contribution >= 0.6 is 0 Å². The van der Waals surface area contributed by atoms with Crippen molar-refractivity contribution in [2.75, 3.05) is 0 Å². The molecule has 0 N–H and O–H groups in total. The first-order chi connectivity index (χ1) is 4.09. The third kappa shape index (κ3) is 2.69. The van der Waals surface area contributed by atoms with E-state index < -0.39 is 0 Å². The molecule has 0 radical (unpaired) electrons. The molecule has 0 saturated heterocycles. The van der Waals surface area contributed by atoms with Crippen LogP contribution in [-0.2, 0) is 0 Å². The maximum absolute atomic E-state index is 2.28. The molecule has 54 valence electrons. The lowest BCUT2D eigenvalue weighted by atomic mass is 9.97. The van der Waals surface area contributed by atoms with Gasteiger partial charge in [-0.15, -0.1) is 0 Å². The molecule has 0 saturated carbocycles. The number of rotatable bonds is 2. The van der Waals surface area contributed by atoms with E-state index in [9.17, 15) is 0 Å². The second-order valence-electron chi connectivity index (χ2n) is 2.99. The van der Waals surface area contributed by atoms with E-state index in [0.29, 0.717) is 0 Å². The van der Waals surface area contributed by atoms with Crippen molar-refractivity contribution in [3.63, 3.8) is 0 Å². The van der Waals surface area contributed by atoms with E-state index >= 15 is 0 Å². The molecular weight excluding hydrogens is 108 g/mol. The molecule has 9 heavy (non-hydrogen) atoms. The molecule has 0 aliphatic carbocycles. The van der Waals surface area contributed by atoms with Crippen LogP contribution in [-0.4, -0.2) is 0 Å². The first-order valence-corrected chi connectivity index (χ1v) is 3.73. The summed E-state index contributed by atoms with van der Waals surface area (Å²) < 4.78 is 0. The van der Waals surface area contributed by atoms with E-state index in [1.165, 1.54) is 12.0 Å². The van der Waals surface area contributed by atoms with Crippen LogP contribution in [0.1, 0.15) is 41.0 Å². The molecule has 0 fully saturated rings. The van der Waals surface area contributed by atoms with Gasteiger partial charge in [0.25, 0.3) is 0 Å². The normalized spacial score (nSPS) is 13.0. The second-order valence-corrected chi connectivity index (χ2v) is 2.99. The molecule has 0 rings (SSSR count). The fourth-order valence-electron chi connectivity index (χ4n) is 0.799. The van der Waals surface area contributed by atoms with Gasteiger partial charge < -0.3 is 0 Å². The van der Waals surface area contributed by atoms with E-state index in [-0.39, 0.29) is 0 Å². The van der Waals surface area contributed by atoms with Gasteiger partial charge in [-0.2, -0.15) is 0 Å². The molecule has 0 bridgehead atoms. The number of hydrogen-bond acceptors (Lipinski definition) is 0. The summed E-state index contributed by atoms with van der Waals surface area (Å²) in [4.78, 5) is 0. The lowest BCUT2D eigenvalue weighted by Gasteiger charge is -2.10. The summed E-state index contributed by atoms with van der Waals surface area (Å²) in [5.74, 6) is 0.773. The van der Waals surface area contributed by atoms with Crippen LogP contribution in [0.5, 0.6) is 0 Å². The third-order valence-corrected chi connectivity index (χ3v) is 2.14. The fraction of sp³-hybridized carbons (Fsp3) is 0.778. The van der Waals surface area contributed by atoms with Crippen LogP contribution in [0.4, 0.5) is 0 Å². The largest absolute Gasteiger partial charge is 0.0772 e. The molecule has 0 aromatic heterocycles. The van der Waals surface area contributed by atoms with Gasteiger partial charge in [-0.1, -0.05) is 25.0 Å². The van der Waals surface area contributed by atoms with Gasteiger partial charge in [0.15, 0.2) is 0 Å². The molecule has 0 aliphatic rings. The van der Waals surface area contributed by atoms with Gasteiger partial charge in [-0.3, -0.25) is 0 Å². The zero-order valence-corrected chi connectivity index (χ0v) is 7.28. The van der Waals surface area contributed by atoms with Crippen molar-refractivity contribution in [2.45, 2.75) is 41.0 Å².